The zero-order valence-corrected chi connectivity index (χ0v) is 14.8. The average Bonchev–Trinajstić information content (AvgIpc) is 2.54. The SMILES string of the molecule is CCCCCCCc1cccc(Oc2ccccc2)c1S(=O)(=O)O. The predicted molar refractivity (Wildman–Crippen MR) is 95.2 cm³/mol. The Morgan fingerprint density at radius 1 is 0.917 bits per heavy atom. The predicted octanol–water partition coefficient (Wildman–Crippen LogP) is 5.24. The Morgan fingerprint density at radius 3 is 2.29 bits per heavy atom. The summed E-state index contributed by atoms with van der Waals surface area (Å²) in [6, 6.07) is 14.0. The van der Waals surface area contributed by atoms with Crippen molar-refractivity contribution in [2.24, 2.45) is 0 Å². The van der Waals surface area contributed by atoms with Gasteiger partial charge in [0.15, 0.2) is 0 Å². The van der Waals surface area contributed by atoms with E-state index in [1.807, 2.05) is 6.07 Å². The van der Waals surface area contributed by atoms with E-state index in [-0.39, 0.29) is 10.6 Å². The molecular formula is C19H24O4S. The Hall–Kier alpha value is -1.85. The fourth-order valence-corrected chi connectivity index (χ4v) is 3.53. The van der Waals surface area contributed by atoms with Gasteiger partial charge >= 0.3 is 0 Å². The largest absolute Gasteiger partial charge is 0.456 e. The van der Waals surface area contributed by atoms with Crippen LogP contribution < -0.4 is 4.74 Å². The molecule has 0 unspecified atom stereocenters. The summed E-state index contributed by atoms with van der Waals surface area (Å²) in [7, 11) is -4.36. The molecule has 24 heavy (non-hydrogen) atoms. The third-order valence-electron chi connectivity index (χ3n) is 3.84. The quantitative estimate of drug-likeness (QED) is 0.497. The van der Waals surface area contributed by atoms with E-state index in [0.29, 0.717) is 17.7 Å². The van der Waals surface area contributed by atoms with Gasteiger partial charge in [-0.3, -0.25) is 4.55 Å². The topological polar surface area (TPSA) is 63.6 Å². The number of hydrogen-bond donors (Lipinski definition) is 1. The lowest BCUT2D eigenvalue weighted by atomic mass is 10.1. The Kier molecular flexibility index (Phi) is 6.82. The van der Waals surface area contributed by atoms with E-state index >= 15 is 0 Å². The smallest absolute Gasteiger partial charge is 0.298 e. The first-order valence-electron chi connectivity index (χ1n) is 8.34. The van der Waals surface area contributed by atoms with Crippen LogP contribution in [0.5, 0.6) is 11.5 Å². The lowest BCUT2D eigenvalue weighted by Crippen LogP contribution is -2.06. The minimum Gasteiger partial charge on any atom is -0.456 e. The first kappa shape index (κ1) is 18.5. The molecule has 4 nitrogen and oxygen atoms in total. The molecular weight excluding hydrogens is 324 g/mol. The molecule has 5 heteroatoms. The highest BCUT2D eigenvalue weighted by Crippen LogP contribution is 2.32. The second kappa shape index (κ2) is 8.85. The average molecular weight is 348 g/mol. The second-order valence-corrected chi connectivity index (χ2v) is 7.16. The summed E-state index contributed by atoms with van der Waals surface area (Å²) in [5.41, 5.74) is 0.599. The Bertz CT molecular complexity index is 739. The van der Waals surface area contributed by atoms with Gasteiger partial charge in [0.05, 0.1) is 0 Å². The molecule has 1 N–H and O–H groups in total. The summed E-state index contributed by atoms with van der Waals surface area (Å²) in [6.45, 7) is 2.15. The van der Waals surface area contributed by atoms with Crippen molar-refractivity contribution in [2.75, 3.05) is 0 Å². The molecule has 0 aliphatic heterocycles. The van der Waals surface area contributed by atoms with E-state index in [4.69, 9.17) is 4.74 Å². The normalized spacial score (nSPS) is 11.4. The van der Waals surface area contributed by atoms with Crippen LogP contribution in [-0.4, -0.2) is 13.0 Å². The molecule has 0 aromatic heterocycles. The highest BCUT2D eigenvalue weighted by molar-refractivity contribution is 7.86. The molecule has 2 rings (SSSR count). The zero-order chi connectivity index (χ0) is 17.4. The maximum atomic E-state index is 11.9. The summed E-state index contributed by atoms with van der Waals surface area (Å²) < 4.78 is 39.1. The molecule has 0 radical (unpaired) electrons. The number of aryl methyl sites for hydroxylation is 1. The summed E-state index contributed by atoms with van der Waals surface area (Å²) in [5.74, 6) is 0.692. The van der Waals surface area contributed by atoms with Crippen molar-refractivity contribution in [2.45, 2.75) is 50.3 Å². The van der Waals surface area contributed by atoms with Gasteiger partial charge in [0.2, 0.25) is 0 Å². The third-order valence-corrected chi connectivity index (χ3v) is 4.82. The van der Waals surface area contributed by atoms with Crippen LogP contribution in [0.4, 0.5) is 0 Å². The Labute approximate surface area is 144 Å². The van der Waals surface area contributed by atoms with Gasteiger partial charge in [-0.15, -0.1) is 0 Å². The van der Waals surface area contributed by atoms with Gasteiger partial charge in [-0.25, -0.2) is 0 Å². The first-order chi connectivity index (χ1) is 11.5. The van der Waals surface area contributed by atoms with Crippen LogP contribution in [0.25, 0.3) is 0 Å². The van der Waals surface area contributed by atoms with Crippen molar-refractivity contribution in [1.29, 1.82) is 0 Å². The van der Waals surface area contributed by atoms with Crippen molar-refractivity contribution < 1.29 is 17.7 Å². The second-order valence-electron chi connectivity index (χ2n) is 5.80. The van der Waals surface area contributed by atoms with E-state index in [1.165, 1.54) is 6.42 Å². The number of benzene rings is 2. The monoisotopic (exact) mass is 348 g/mol. The molecule has 0 bridgehead atoms. The lowest BCUT2D eigenvalue weighted by Gasteiger charge is -2.13. The van der Waals surface area contributed by atoms with Gasteiger partial charge in [-0.05, 0) is 36.6 Å². The molecule has 0 fully saturated rings. The van der Waals surface area contributed by atoms with Crippen LogP contribution in [0.15, 0.2) is 53.4 Å². The fraction of sp³-hybridized carbons (Fsp3) is 0.368. The molecule has 0 amide bonds. The van der Waals surface area contributed by atoms with Gasteiger partial charge in [0.25, 0.3) is 10.1 Å². The Balaban J connectivity index is 2.23. The first-order valence-corrected chi connectivity index (χ1v) is 9.78. The highest BCUT2D eigenvalue weighted by atomic mass is 32.2. The number of hydrogen-bond acceptors (Lipinski definition) is 3. The van der Waals surface area contributed by atoms with Gasteiger partial charge < -0.3 is 4.74 Å². The molecule has 0 aliphatic carbocycles. The minimum absolute atomic E-state index is 0.121. The summed E-state index contributed by atoms with van der Waals surface area (Å²) in [6.07, 6.45) is 6.02. The van der Waals surface area contributed by atoms with Crippen LogP contribution >= 0.6 is 0 Å². The number of para-hydroxylation sites is 1. The lowest BCUT2D eigenvalue weighted by molar-refractivity contribution is 0.447. The number of rotatable bonds is 9. The molecule has 0 saturated heterocycles. The molecule has 0 atom stereocenters. The fourth-order valence-electron chi connectivity index (χ4n) is 2.67. The molecule has 2 aromatic rings. The third kappa shape index (κ3) is 5.35. The summed E-state index contributed by atoms with van der Waals surface area (Å²) >= 11 is 0. The maximum Gasteiger partial charge on any atom is 0.298 e. The Morgan fingerprint density at radius 2 is 1.62 bits per heavy atom. The van der Waals surface area contributed by atoms with E-state index < -0.39 is 10.1 Å². The highest BCUT2D eigenvalue weighted by Gasteiger charge is 2.21. The van der Waals surface area contributed by atoms with Gasteiger partial charge in [0.1, 0.15) is 16.4 Å². The van der Waals surface area contributed by atoms with Crippen LogP contribution in [0.3, 0.4) is 0 Å². The minimum atomic E-state index is -4.36. The van der Waals surface area contributed by atoms with Gasteiger partial charge in [0, 0.05) is 0 Å². The maximum absolute atomic E-state index is 11.9. The van der Waals surface area contributed by atoms with Crippen molar-refractivity contribution in [3.05, 3.63) is 54.1 Å². The van der Waals surface area contributed by atoms with Crippen LogP contribution in [0.2, 0.25) is 0 Å². The summed E-state index contributed by atoms with van der Waals surface area (Å²) in [4.78, 5) is -0.121. The van der Waals surface area contributed by atoms with E-state index in [0.717, 1.165) is 25.7 Å². The van der Waals surface area contributed by atoms with E-state index in [2.05, 4.69) is 6.92 Å². The van der Waals surface area contributed by atoms with E-state index in [9.17, 15) is 13.0 Å². The van der Waals surface area contributed by atoms with Crippen LogP contribution in [0.1, 0.15) is 44.6 Å². The van der Waals surface area contributed by atoms with Crippen LogP contribution in [-0.2, 0) is 16.5 Å². The zero-order valence-electron chi connectivity index (χ0n) is 13.9. The standard InChI is InChI=1S/C19H24O4S/c1-2-3-4-5-7-11-16-12-10-15-18(19(16)24(20,21)22)23-17-13-8-6-9-14-17/h6,8-10,12-15H,2-5,7,11H2,1H3,(H,20,21,22). The van der Waals surface area contributed by atoms with Crippen molar-refractivity contribution in [1.82, 2.24) is 0 Å². The van der Waals surface area contributed by atoms with Crippen molar-refractivity contribution >= 4 is 10.1 Å². The number of ether oxygens (including phenoxy) is 1. The number of unbranched alkanes of at least 4 members (excludes halogenated alkanes) is 4. The van der Waals surface area contributed by atoms with Gasteiger partial charge in [-0.1, -0.05) is 62.9 Å². The van der Waals surface area contributed by atoms with Crippen LogP contribution in [0, 0.1) is 0 Å². The molecule has 0 heterocycles. The molecule has 2 aromatic carbocycles. The molecule has 0 spiro atoms. The van der Waals surface area contributed by atoms with Crippen molar-refractivity contribution in [3.8, 4) is 11.5 Å². The van der Waals surface area contributed by atoms with Crippen molar-refractivity contribution in [3.63, 3.8) is 0 Å². The molecule has 0 saturated carbocycles. The van der Waals surface area contributed by atoms with E-state index in [1.54, 1.807) is 42.5 Å². The molecule has 0 aliphatic rings. The molecule has 130 valence electrons. The summed E-state index contributed by atoms with van der Waals surface area (Å²) in [5, 5.41) is 0. The van der Waals surface area contributed by atoms with Gasteiger partial charge in [-0.2, -0.15) is 8.42 Å².